The molecule has 3 nitrogen and oxygen atoms in total. The van der Waals surface area contributed by atoms with Crippen molar-refractivity contribution in [3.63, 3.8) is 0 Å². The summed E-state index contributed by atoms with van der Waals surface area (Å²) in [5.74, 6) is 0.239. The van der Waals surface area contributed by atoms with E-state index in [0.29, 0.717) is 5.69 Å². The number of aromatic hydroxyl groups is 1. The molecule has 0 spiro atoms. The normalized spacial score (nSPS) is 11.0. The molecule has 0 amide bonds. The summed E-state index contributed by atoms with van der Waals surface area (Å²) >= 11 is 0. The van der Waals surface area contributed by atoms with Gasteiger partial charge in [-0.25, -0.2) is 0 Å². The molecular weight excluding hydrogens is 200 g/mol. The first kappa shape index (κ1) is 8.97. The van der Waals surface area contributed by atoms with Crippen molar-refractivity contribution in [3.8, 4) is 5.75 Å². The summed E-state index contributed by atoms with van der Waals surface area (Å²) in [6.45, 7) is 0. The van der Waals surface area contributed by atoms with Gasteiger partial charge in [0.1, 0.15) is 5.75 Å². The quantitative estimate of drug-likeness (QED) is 0.443. The lowest BCUT2D eigenvalue weighted by Gasteiger charge is -2.07. The molecule has 0 atom stereocenters. The van der Waals surface area contributed by atoms with E-state index in [-0.39, 0.29) is 5.75 Å². The highest BCUT2D eigenvalue weighted by Crippen LogP contribution is 2.34. The van der Waals surface area contributed by atoms with E-state index in [4.69, 9.17) is 5.73 Å². The van der Waals surface area contributed by atoms with Gasteiger partial charge < -0.3 is 10.8 Å². The summed E-state index contributed by atoms with van der Waals surface area (Å²) in [6.07, 6.45) is 1.73. The van der Waals surface area contributed by atoms with E-state index >= 15 is 0 Å². The molecule has 0 unspecified atom stereocenters. The molecule has 78 valence electrons. The number of nitrogens with zero attached hydrogens (tertiary/aromatic N) is 1. The molecule has 3 N–H and O–H groups in total. The lowest BCUT2D eigenvalue weighted by Crippen LogP contribution is -1.89. The van der Waals surface area contributed by atoms with Gasteiger partial charge in [0.15, 0.2) is 0 Å². The number of nitrogens with two attached hydrogens (primary N) is 1. The lowest BCUT2D eigenvalue weighted by atomic mass is 10.0. The van der Waals surface area contributed by atoms with Gasteiger partial charge >= 0.3 is 0 Å². The molecule has 3 rings (SSSR count). The Labute approximate surface area is 92.1 Å². The molecule has 16 heavy (non-hydrogen) atoms. The average Bonchev–Trinajstić information content (AvgIpc) is 2.30. The molecule has 2 aromatic carbocycles. The van der Waals surface area contributed by atoms with Crippen molar-refractivity contribution < 1.29 is 5.11 Å². The second-order valence-electron chi connectivity index (χ2n) is 3.74. The molecule has 1 heterocycles. The molecule has 0 aliphatic carbocycles. The van der Waals surface area contributed by atoms with Crippen LogP contribution >= 0.6 is 0 Å². The Hall–Kier alpha value is -2.29. The monoisotopic (exact) mass is 210 g/mol. The van der Waals surface area contributed by atoms with Crippen LogP contribution in [0.15, 0.2) is 42.6 Å². The molecule has 0 saturated carbocycles. The van der Waals surface area contributed by atoms with E-state index in [1.165, 1.54) is 0 Å². The van der Waals surface area contributed by atoms with E-state index in [9.17, 15) is 5.11 Å². The Balaban J connectivity index is 2.67. The highest BCUT2D eigenvalue weighted by Gasteiger charge is 2.08. The van der Waals surface area contributed by atoms with Crippen LogP contribution in [0.4, 0.5) is 5.69 Å². The van der Waals surface area contributed by atoms with E-state index in [1.807, 2.05) is 30.3 Å². The smallest absolute Gasteiger partial charge is 0.124 e. The van der Waals surface area contributed by atoms with Crippen LogP contribution in [0.5, 0.6) is 5.75 Å². The van der Waals surface area contributed by atoms with Gasteiger partial charge in [0.2, 0.25) is 0 Å². The number of anilines is 1. The molecule has 3 heteroatoms. The highest BCUT2D eigenvalue weighted by atomic mass is 16.3. The van der Waals surface area contributed by atoms with Gasteiger partial charge in [-0.15, -0.1) is 0 Å². The van der Waals surface area contributed by atoms with Crippen molar-refractivity contribution in [2.24, 2.45) is 0 Å². The maximum Gasteiger partial charge on any atom is 0.124 e. The maximum atomic E-state index is 9.91. The van der Waals surface area contributed by atoms with Crippen molar-refractivity contribution in [3.05, 3.63) is 42.6 Å². The summed E-state index contributed by atoms with van der Waals surface area (Å²) in [6, 6.07) is 10.9. The number of aromatic nitrogens is 1. The van der Waals surface area contributed by atoms with E-state index in [2.05, 4.69) is 4.98 Å². The lowest BCUT2D eigenvalue weighted by molar-refractivity contribution is 0.482. The average molecular weight is 210 g/mol. The van der Waals surface area contributed by atoms with Gasteiger partial charge in [0.25, 0.3) is 0 Å². The zero-order valence-electron chi connectivity index (χ0n) is 8.51. The number of benzene rings is 2. The van der Waals surface area contributed by atoms with Crippen molar-refractivity contribution in [1.82, 2.24) is 4.98 Å². The predicted octanol–water partition coefficient (Wildman–Crippen LogP) is 2.68. The van der Waals surface area contributed by atoms with Gasteiger partial charge in [0.05, 0.1) is 5.52 Å². The van der Waals surface area contributed by atoms with Gasteiger partial charge in [-0.05, 0) is 18.2 Å². The third-order valence-electron chi connectivity index (χ3n) is 2.74. The van der Waals surface area contributed by atoms with Crippen molar-refractivity contribution in [2.75, 3.05) is 5.73 Å². The number of rotatable bonds is 0. The van der Waals surface area contributed by atoms with Crippen LogP contribution in [0.2, 0.25) is 0 Å². The summed E-state index contributed by atoms with van der Waals surface area (Å²) in [7, 11) is 0. The fraction of sp³-hybridized carbons (Fsp3) is 0. The number of hydrogen-bond acceptors (Lipinski definition) is 3. The zero-order chi connectivity index (χ0) is 11.1. The van der Waals surface area contributed by atoms with Crippen LogP contribution in [0.3, 0.4) is 0 Å². The number of pyridine rings is 1. The fourth-order valence-corrected chi connectivity index (χ4v) is 2.02. The Kier molecular flexibility index (Phi) is 1.74. The number of fused-ring (bicyclic) bond motifs is 3. The minimum absolute atomic E-state index is 0.239. The van der Waals surface area contributed by atoms with Crippen LogP contribution in [0.1, 0.15) is 0 Å². The molecule has 0 aliphatic heterocycles. The van der Waals surface area contributed by atoms with E-state index < -0.39 is 0 Å². The first-order valence-corrected chi connectivity index (χ1v) is 5.02. The molecule has 0 radical (unpaired) electrons. The van der Waals surface area contributed by atoms with Crippen LogP contribution in [0.25, 0.3) is 21.7 Å². The molecular formula is C13H10N2O. The Bertz CT molecular complexity index is 692. The number of nitrogen functional groups attached to an aromatic ring is 1. The molecule has 1 aromatic heterocycles. The largest absolute Gasteiger partial charge is 0.507 e. The summed E-state index contributed by atoms with van der Waals surface area (Å²) in [5, 5.41) is 12.4. The first-order chi connectivity index (χ1) is 7.77. The number of phenolic OH excluding ortho intramolecular Hbond substituents is 1. The van der Waals surface area contributed by atoms with Crippen LogP contribution < -0.4 is 5.73 Å². The molecule has 0 aliphatic rings. The maximum absolute atomic E-state index is 9.91. The summed E-state index contributed by atoms with van der Waals surface area (Å²) in [4.78, 5) is 4.32. The van der Waals surface area contributed by atoms with Gasteiger partial charge in [-0.1, -0.05) is 18.2 Å². The Morgan fingerprint density at radius 1 is 1.12 bits per heavy atom. The number of hydrogen-bond donors (Lipinski definition) is 2. The van der Waals surface area contributed by atoms with Crippen molar-refractivity contribution in [2.45, 2.75) is 0 Å². The van der Waals surface area contributed by atoms with E-state index in [1.54, 1.807) is 12.3 Å². The van der Waals surface area contributed by atoms with Crippen LogP contribution in [-0.4, -0.2) is 10.1 Å². The summed E-state index contributed by atoms with van der Waals surface area (Å²) in [5.41, 5.74) is 7.40. The standard InChI is InChI=1S/C13H10N2O/c14-10-5-1-4-9-11(16)7-8-3-2-6-15-13(8)12(9)10/h1-7,16H,14H2. The van der Waals surface area contributed by atoms with Gasteiger partial charge in [-0.3, -0.25) is 4.98 Å². The fourth-order valence-electron chi connectivity index (χ4n) is 2.02. The number of phenols is 1. The van der Waals surface area contributed by atoms with Crippen LogP contribution in [0, 0.1) is 0 Å². The highest BCUT2D eigenvalue weighted by molar-refractivity contribution is 6.13. The molecule has 0 bridgehead atoms. The molecule has 0 fully saturated rings. The Morgan fingerprint density at radius 2 is 2.00 bits per heavy atom. The van der Waals surface area contributed by atoms with Crippen LogP contribution in [-0.2, 0) is 0 Å². The topological polar surface area (TPSA) is 59.1 Å². The first-order valence-electron chi connectivity index (χ1n) is 5.02. The van der Waals surface area contributed by atoms with Crippen molar-refractivity contribution >= 4 is 27.4 Å². The van der Waals surface area contributed by atoms with E-state index in [0.717, 1.165) is 21.7 Å². The zero-order valence-corrected chi connectivity index (χ0v) is 8.51. The second kappa shape index (κ2) is 3.10. The van der Waals surface area contributed by atoms with Gasteiger partial charge in [0, 0.05) is 28.0 Å². The van der Waals surface area contributed by atoms with Crippen molar-refractivity contribution in [1.29, 1.82) is 0 Å². The Morgan fingerprint density at radius 3 is 2.88 bits per heavy atom. The van der Waals surface area contributed by atoms with Gasteiger partial charge in [-0.2, -0.15) is 0 Å². The predicted molar refractivity (Wildman–Crippen MR) is 65.3 cm³/mol. The SMILES string of the molecule is Nc1cccc2c(O)cc3cccnc3c12. The third kappa shape index (κ3) is 1.11. The minimum Gasteiger partial charge on any atom is -0.507 e. The molecule has 0 saturated heterocycles. The molecule has 3 aromatic rings. The third-order valence-corrected chi connectivity index (χ3v) is 2.74. The second-order valence-corrected chi connectivity index (χ2v) is 3.74. The summed E-state index contributed by atoms with van der Waals surface area (Å²) < 4.78 is 0. The minimum atomic E-state index is 0.239.